The normalized spacial score (nSPS) is 18.5. The average Bonchev–Trinajstić information content (AvgIpc) is 2.33. The van der Waals surface area contributed by atoms with Crippen molar-refractivity contribution < 1.29 is 9.57 Å². The first-order valence-electron chi connectivity index (χ1n) is 6.65. The summed E-state index contributed by atoms with van der Waals surface area (Å²) in [5, 5.41) is 2.65. The second-order valence-corrected chi connectivity index (χ2v) is 6.20. The fourth-order valence-electron chi connectivity index (χ4n) is 2.03. The van der Waals surface area contributed by atoms with Crippen LogP contribution in [0.4, 0.5) is 0 Å². The lowest BCUT2D eigenvalue weighted by molar-refractivity contribution is -0.240. The number of halogens is 1. The van der Waals surface area contributed by atoms with E-state index in [0.29, 0.717) is 10.9 Å². The fourth-order valence-corrected chi connectivity index (χ4v) is 2.14. The summed E-state index contributed by atoms with van der Waals surface area (Å²) in [5.41, 5.74) is -0.134. The molecule has 1 aromatic heterocycles. The Bertz CT molecular complexity index is 395. The van der Waals surface area contributed by atoms with Crippen molar-refractivity contribution in [2.45, 2.75) is 45.3 Å². The third-order valence-corrected chi connectivity index (χ3v) is 3.02. The Kier molecular flexibility index (Phi) is 4.66. The van der Waals surface area contributed by atoms with Crippen LogP contribution in [0.25, 0.3) is 0 Å². The smallest absolute Gasteiger partial charge is 0.213 e. The highest BCUT2D eigenvalue weighted by atomic mass is 35.5. The van der Waals surface area contributed by atoms with Gasteiger partial charge >= 0.3 is 0 Å². The number of nitrogens with zero attached hydrogens (tertiary/aromatic N) is 2. The molecule has 19 heavy (non-hydrogen) atoms. The molecule has 0 atom stereocenters. The third-order valence-electron chi connectivity index (χ3n) is 2.79. The summed E-state index contributed by atoms with van der Waals surface area (Å²) >= 11 is 5.79. The first kappa shape index (κ1) is 14.6. The Morgan fingerprint density at radius 1 is 1.26 bits per heavy atom. The number of hydroxylamine groups is 2. The molecule has 1 aromatic rings. The first-order valence-corrected chi connectivity index (χ1v) is 7.02. The van der Waals surface area contributed by atoms with Gasteiger partial charge in [-0.15, -0.1) is 0 Å². The quantitative estimate of drug-likeness (QED) is 0.853. The zero-order valence-corrected chi connectivity index (χ0v) is 12.5. The molecule has 1 aliphatic heterocycles. The molecular formula is C14H21ClN2O2. The second-order valence-electron chi connectivity index (χ2n) is 5.76. The maximum absolute atomic E-state index is 5.84. The number of piperidine rings is 1. The van der Waals surface area contributed by atoms with Crippen LogP contribution in [0, 0.1) is 0 Å². The van der Waals surface area contributed by atoms with Crippen LogP contribution >= 0.6 is 11.6 Å². The molecule has 4 nitrogen and oxygen atoms in total. The van der Waals surface area contributed by atoms with E-state index in [1.54, 1.807) is 18.3 Å². The van der Waals surface area contributed by atoms with Gasteiger partial charge in [0.05, 0.1) is 10.6 Å². The lowest BCUT2D eigenvalue weighted by atomic mass is 10.1. The van der Waals surface area contributed by atoms with Crippen LogP contribution in [0.2, 0.25) is 5.02 Å². The van der Waals surface area contributed by atoms with Crippen molar-refractivity contribution in [1.29, 1.82) is 0 Å². The first-order chi connectivity index (χ1) is 8.92. The van der Waals surface area contributed by atoms with Gasteiger partial charge in [0.1, 0.15) is 6.10 Å². The number of hydrogen-bond acceptors (Lipinski definition) is 4. The van der Waals surface area contributed by atoms with E-state index in [-0.39, 0.29) is 11.7 Å². The van der Waals surface area contributed by atoms with E-state index in [1.807, 2.05) is 5.06 Å². The molecule has 5 heteroatoms. The average molecular weight is 285 g/mol. The van der Waals surface area contributed by atoms with E-state index in [9.17, 15) is 0 Å². The van der Waals surface area contributed by atoms with Crippen LogP contribution in [0.15, 0.2) is 18.3 Å². The summed E-state index contributed by atoms with van der Waals surface area (Å²) < 4.78 is 5.84. The van der Waals surface area contributed by atoms with Crippen LogP contribution in [-0.4, -0.2) is 34.8 Å². The SMILES string of the molecule is CC(C)(C)ON1CCC(Oc2ccc(Cl)cn2)CC1. The van der Waals surface area contributed by atoms with E-state index in [4.69, 9.17) is 21.2 Å². The predicted octanol–water partition coefficient (Wildman–Crippen LogP) is 3.31. The summed E-state index contributed by atoms with van der Waals surface area (Å²) in [7, 11) is 0. The molecule has 0 N–H and O–H groups in total. The summed E-state index contributed by atoms with van der Waals surface area (Å²) in [6.45, 7) is 7.96. The summed E-state index contributed by atoms with van der Waals surface area (Å²) in [5.74, 6) is 0.639. The minimum Gasteiger partial charge on any atom is -0.474 e. The predicted molar refractivity (Wildman–Crippen MR) is 75.3 cm³/mol. The molecule has 0 spiro atoms. The van der Waals surface area contributed by atoms with Gasteiger partial charge in [-0.05, 0) is 39.7 Å². The summed E-state index contributed by atoms with van der Waals surface area (Å²) in [6.07, 6.45) is 3.70. The van der Waals surface area contributed by atoms with Gasteiger partial charge in [-0.1, -0.05) is 11.6 Å². The highest BCUT2D eigenvalue weighted by molar-refractivity contribution is 6.30. The number of pyridine rings is 1. The molecule has 1 saturated heterocycles. The Hall–Kier alpha value is -0.840. The minimum absolute atomic E-state index is 0.134. The fraction of sp³-hybridized carbons (Fsp3) is 0.643. The monoisotopic (exact) mass is 284 g/mol. The Morgan fingerprint density at radius 2 is 1.95 bits per heavy atom. The highest BCUT2D eigenvalue weighted by Crippen LogP contribution is 2.20. The second kappa shape index (κ2) is 6.07. The number of aromatic nitrogens is 1. The molecule has 0 unspecified atom stereocenters. The van der Waals surface area contributed by atoms with Crippen molar-refractivity contribution in [1.82, 2.24) is 10.0 Å². The molecule has 2 rings (SSSR count). The number of hydrogen-bond donors (Lipinski definition) is 0. The van der Waals surface area contributed by atoms with Crippen LogP contribution < -0.4 is 4.74 Å². The third kappa shape index (κ3) is 4.97. The van der Waals surface area contributed by atoms with Crippen LogP contribution in [-0.2, 0) is 4.84 Å². The zero-order valence-electron chi connectivity index (χ0n) is 11.7. The van der Waals surface area contributed by atoms with Crippen molar-refractivity contribution in [3.8, 4) is 5.88 Å². The largest absolute Gasteiger partial charge is 0.474 e. The van der Waals surface area contributed by atoms with Gasteiger partial charge in [0.15, 0.2) is 0 Å². The molecule has 1 aliphatic rings. The van der Waals surface area contributed by atoms with Gasteiger partial charge in [0.2, 0.25) is 5.88 Å². The van der Waals surface area contributed by atoms with Crippen molar-refractivity contribution in [2.24, 2.45) is 0 Å². The molecule has 0 aliphatic carbocycles. The van der Waals surface area contributed by atoms with E-state index >= 15 is 0 Å². The minimum atomic E-state index is -0.134. The molecule has 2 heterocycles. The van der Waals surface area contributed by atoms with Crippen LogP contribution in [0.1, 0.15) is 33.6 Å². The molecule has 0 amide bonds. The van der Waals surface area contributed by atoms with Gasteiger partial charge in [-0.2, -0.15) is 5.06 Å². The van der Waals surface area contributed by atoms with E-state index < -0.39 is 0 Å². The van der Waals surface area contributed by atoms with Gasteiger partial charge in [-0.3, -0.25) is 4.84 Å². The maximum atomic E-state index is 5.84. The van der Waals surface area contributed by atoms with Gasteiger partial charge in [0, 0.05) is 25.4 Å². The molecule has 0 saturated carbocycles. The van der Waals surface area contributed by atoms with Crippen molar-refractivity contribution in [3.05, 3.63) is 23.4 Å². The number of rotatable bonds is 3. The summed E-state index contributed by atoms with van der Waals surface area (Å²) in [4.78, 5) is 9.99. The van der Waals surface area contributed by atoms with Crippen LogP contribution in [0.5, 0.6) is 5.88 Å². The van der Waals surface area contributed by atoms with E-state index in [2.05, 4.69) is 25.8 Å². The lowest BCUT2D eigenvalue weighted by Gasteiger charge is -2.35. The standard InChI is InChI=1S/C14H21ClN2O2/c1-14(2,3)19-17-8-6-12(7-9-17)18-13-5-4-11(15)10-16-13/h4-5,10,12H,6-9H2,1-3H3. The Morgan fingerprint density at radius 3 is 2.47 bits per heavy atom. The Labute approximate surface area is 119 Å². The maximum Gasteiger partial charge on any atom is 0.213 e. The van der Waals surface area contributed by atoms with Crippen molar-refractivity contribution in [3.63, 3.8) is 0 Å². The van der Waals surface area contributed by atoms with Gasteiger partial charge in [-0.25, -0.2) is 4.98 Å². The van der Waals surface area contributed by atoms with Gasteiger partial charge in [0.25, 0.3) is 0 Å². The topological polar surface area (TPSA) is 34.6 Å². The van der Waals surface area contributed by atoms with E-state index in [0.717, 1.165) is 25.9 Å². The molecule has 0 bridgehead atoms. The Balaban J connectivity index is 1.79. The molecule has 1 fully saturated rings. The zero-order chi connectivity index (χ0) is 13.9. The van der Waals surface area contributed by atoms with Gasteiger partial charge < -0.3 is 4.74 Å². The molecular weight excluding hydrogens is 264 g/mol. The van der Waals surface area contributed by atoms with Crippen LogP contribution in [0.3, 0.4) is 0 Å². The van der Waals surface area contributed by atoms with Crippen molar-refractivity contribution in [2.75, 3.05) is 13.1 Å². The summed E-state index contributed by atoms with van der Waals surface area (Å²) in [6, 6.07) is 3.60. The van der Waals surface area contributed by atoms with Crippen molar-refractivity contribution >= 4 is 11.6 Å². The lowest BCUT2D eigenvalue weighted by Crippen LogP contribution is -2.42. The number of ether oxygens (including phenoxy) is 1. The highest BCUT2D eigenvalue weighted by Gasteiger charge is 2.24. The molecule has 0 radical (unpaired) electrons. The molecule has 106 valence electrons. The molecule has 0 aromatic carbocycles. The van der Waals surface area contributed by atoms with E-state index in [1.165, 1.54) is 0 Å².